The van der Waals surface area contributed by atoms with Gasteiger partial charge in [0, 0.05) is 30.7 Å². The lowest BCUT2D eigenvalue weighted by Gasteiger charge is -2.26. The third-order valence-electron chi connectivity index (χ3n) is 4.50. The van der Waals surface area contributed by atoms with E-state index < -0.39 is 0 Å². The molecule has 1 atom stereocenters. The molecule has 1 fully saturated rings. The quantitative estimate of drug-likeness (QED) is 0.674. The number of hydrogen-bond donors (Lipinski definition) is 0. The van der Waals surface area contributed by atoms with E-state index >= 15 is 0 Å². The number of fused-ring (bicyclic) bond motifs is 1. The Labute approximate surface area is 137 Å². The summed E-state index contributed by atoms with van der Waals surface area (Å²) in [6, 6.07) is 2.16. The highest BCUT2D eigenvalue weighted by Crippen LogP contribution is 2.36. The number of rotatable bonds is 5. The Hall–Kier alpha value is -2.28. The zero-order chi connectivity index (χ0) is 16.0. The van der Waals surface area contributed by atoms with Gasteiger partial charge < -0.3 is 4.90 Å². The molecule has 118 valence electrons. The van der Waals surface area contributed by atoms with E-state index in [0.29, 0.717) is 17.6 Å². The van der Waals surface area contributed by atoms with Crippen LogP contribution in [-0.4, -0.2) is 39.0 Å². The summed E-state index contributed by atoms with van der Waals surface area (Å²) in [4.78, 5) is 23.5. The maximum Gasteiger partial charge on any atom is 0.168 e. The zero-order valence-corrected chi connectivity index (χ0v) is 13.8. The number of carbonyl (C=O) groups excluding carboxylic acids is 1. The van der Waals surface area contributed by atoms with Crippen molar-refractivity contribution in [2.24, 2.45) is 5.92 Å². The molecule has 3 aromatic rings. The number of thiazole rings is 1. The van der Waals surface area contributed by atoms with Crippen molar-refractivity contribution in [2.45, 2.75) is 25.8 Å². The van der Waals surface area contributed by atoms with Gasteiger partial charge in [0.15, 0.2) is 12.1 Å². The molecular formula is C16H17N5OS. The van der Waals surface area contributed by atoms with Gasteiger partial charge in [-0.15, -0.1) is 11.3 Å². The minimum absolute atomic E-state index is 0.399. The van der Waals surface area contributed by atoms with Gasteiger partial charge in [-0.05, 0) is 25.7 Å². The Balaban J connectivity index is 1.79. The number of aromatic nitrogens is 4. The molecule has 4 rings (SSSR count). The van der Waals surface area contributed by atoms with Crippen molar-refractivity contribution < 1.29 is 4.79 Å². The van der Waals surface area contributed by atoms with Crippen molar-refractivity contribution in [2.75, 3.05) is 11.9 Å². The van der Waals surface area contributed by atoms with Crippen LogP contribution in [-0.2, 0) is 0 Å². The summed E-state index contributed by atoms with van der Waals surface area (Å²) in [7, 11) is 2.03. The van der Waals surface area contributed by atoms with E-state index in [0.717, 1.165) is 28.4 Å². The molecule has 1 saturated carbocycles. The first-order valence-corrected chi connectivity index (χ1v) is 8.53. The highest BCUT2D eigenvalue weighted by Gasteiger charge is 2.31. The van der Waals surface area contributed by atoms with Gasteiger partial charge in [-0.2, -0.15) is 5.10 Å². The minimum atomic E-state index is 0.399. The molecule has 1 aliphatic carbocycles. The van der Waals surface area contributed by atoms with E-state index in [9.17, 15) is 4.79 Å². The van der Waals surface area contributed by atoms with Crippen LogP contribution in [0.1, 0.15) is 30.3 Å². The molecule has 0 saturated heterocycles. The van der Waals surface area contributed by atoms with Crippen LogP contribution in [0.4, 0.5) is 5.82 Å². The zero-order valence-electron chi connectivity index (χ0n) is 13.0. The molecule has 0 bridgehead atoms. The van der Waals surface area contributed by atoms with Crippen LogP contribution in [0.3, 0.4) is 0 Å². The van der Waals surface area contributed by atoms with Crippen molar-refractivity contribution >= 4 is 28.3 Å². The van der Waals surface area contributed by atoms with Crippen LogP contribution in [0, 0.1) is 5.92 Å². The second-order valence-electron chi connectivity index (χ2n) is 5.99. The molecule has 3 aromatic heterocycles. The number of nitrogens with zero attached hydrogens (tertiary/aromatic N) is 5. The second-order valence-corrected chi connectivity index (χ2v) is 6.89. The van der Waals surface area contributed by atoms with Crippen LogP contribution >= 0.6 is 11.3 Å². The molecule has 0 unspecified atom stereocenters. The lowest BCUT2D eigenvalue weighted by molar-refractivity contribution is 0.111. The van der Waals surface area contributed by atoms with Gasteiger partial charge in [-0.1, -0.05) is 0 Å². The van der Waals surface area contributed by atoms with Crippen LogP contribution in [0.2, 0.25) is 0 Å². The fourth-order valence-electron chi connectivity index (χ4n) is 2.80. The molecule has 0 amide bonds. The molecule has 7 heteroatoms. The highest BCUT2D eigenvalue weighted by molar-refractivity contribution is 7.16. The normalized spacial score (nSPS) is 15.7. The second kappa shape index (κ2) is 5.42. The van der Waals surface area contributed by atoms with E-state index in [2.05, 4.69) is 21.9 Å². The summed E-state index contributed by atoms with van der Waals surface area (Å²) in [6.07, 6.45) is 6.96. The molecule has 0 N–H and O–H groups in total. The molecule has 0 aromatic carbocycles. The number of carbonyl (C=O) groups is 1. The summed E-state index contributed by atoms with van der Waals surface area (Å²) in [6.45, 7) is 2.21. The van der Waals surface area contributed by atoms with Gasteiger partial charge in [0.05, 0.1) is 11.8 Å². The van der Waals surface area contributed by atoms with Gasteiger partial charge in [0.1, 0.15) is 16.3 Å². The Morgan fingerprint density at radius 1 is 1.43 bits per heavy atom. The first-order chi connectivity index (χ1) is 11.2. The number of aldehydes is 1. The van der Waals surface area contributed by atoms with Crippen LogP contribution in [0.25, 0.3) is 16.2 Å². The third kappa shape index (κ3) is 2.50. The van der Waals surface area contributed by atoms with E-state index in [1.165, 1.54) is 12.8 Å². The summed E-state index contributed by atoms with van der Waals surface area (Å²) >= 11 is 1.58. The molecule has 23 heavy (non-hydrogen) atoms. The van der Waals surface area contributed by atoms with Gasteiger partial charge in [0.2, 0.25) is 0 Å². The average molecular weight is 327 g/mol. The van der Waals surface area contributed by atoms with Crippen LogP contribution in [0.5, 0.6) is 0 Å². The molecule has 6 nitrogen and oxygen atoms in total. The Kier molecular flexibility index (Phi) is 3.37. The van der Waals surface area contributed by atoms with Gasteiger partial charge >= 0.3 is 0 Å². The van der Waals surface area contributed by atoms with Crippen molar-refractivity contribution in [3.8, 4) is 11.4 Å². The van der Waals surface area contributed by atoms with Crippen molar-refractivity contribution in [3.05, 3.63) is 29.5 Å². The SMILES string of the molecule is C[C@@H](C1CC1)N(C)c1cc(C=O)nc(-c2cnn3ccsc23)n1. The molecule has 0 radical (unpaired) electrons. The van der Waals surface area contributed by atoms with E-state index in [-0.39, 0.29) is 0 Å². The fraction of sp³-hybridized carbons (Fsp3) is 0.375. The minimum Gasteiger partial charge on any atom is -0.357 e. The Bertz CT molecular complexity index is 866. The van der Waals surface area contributed by atoms with Crippen molar-refractivity contribution in [1.82, 2.24) is 19.6 Å². The van der Waals surface area contributed by atoms with Gasteiger partial charge in [-0.3, -0.25) is 4.79 Å². The fourth-order valence-corrected chi connectivity index (χ4v) is 3.59. The van der Waals surface area contributed by atoms with E-state index in [1.54, 1.807) is 28.1 Å². The van der Waals surface area contributed by atoms with Crippen molar-refractivity contribution in [1.29, 1.82) is 0 Å². The van der Waals surface area contributed by atoms with Crippen LogP contribution < -0.4 is 4.90 Å². The predicted molar refractivity (Wildman–Crippen MR) is 90.1 cm³/mol. The molecule has 0 aliphatic heterocycles. The average Bonchev–Trinajstić information content (AvgIpc) is 3.19. The lowest BCUT2D eigenvalue weighted by Crippen LogP contribution is -2.31. The molecule has 0 spiro atoms. The number of hydrogen-bond acceptors (Lipinski definition) is 6. The maximum atomic E-state index is 11.3. The Morgan fingerprint density at radius 2 is 2.26 bits per heavy atom. The third-order valence-corrected chi connectivity index (χ3v) is 5.39. The van der Waals surface area contributed by atoms with Crippen LogP contribution in [0.15, 0.2) is 23.8 Å². The highest BCUT2D eigenvalue weighted by atomic mass is 32.1. The monoisotopic (exact) mass is 327 g/mol. The topological polar surface area (TPSA) is 63.4 Å². The summed E-state index contributed by atoms with van der Waals surface area (Å²) in [5.74, 6) is 2.06. The van der Waals surface area contributed by atoms with Gasteiger partial charge in [-0.25, -0.2) is 14.5 Å². The van der Waals surface area contributed by atoms with E-state index in [1.807, 2.05) is 18.6 Å². The smallest absolute Gasteiger partial charge is 0.168 e. The summed E-state index contributed by atoms with van der Waals surface area (Å²) in [5.41, 5.74) is 1.26. The summed E-state index contributed by atoms with van der Waals surface area (Å²) < 4.78 is 1.80. The van der Waals surface area contributed by atoms with Gasteiger partial charge in [0.25, 0.3) is 0 Å². The largest absolute Gasteiger partial charge is 0.357 e. The van der Waals surface area contributed by atoms with E-state index in [4.69, 9.17) is 4.98 Å². The molecule has 1 aliphatic rings. The molecule has 3 heterocycles. The Morgan fingerprint density at radius 3 is 3.00 bits per heavy atom. The number of anilines is 1. The standard InChI is InChI=1S/C16H17N5OS/c1-10(11-3-4-11)20(2)14-7-12(9-22)18-15(19-14)13-8-17-21-5-6-23-16(13)21/h5-11H,3-4H2,1-2H3/t10-/m0/s1. The first-order valence-electron chi connectivity index (χ1n) is 7.65. The van der Waals surface area contributed by atoms with Crippen molar-refractivity contribution in [3.63, 3.8) is 0 Å². The summed E-state index contributed by atoms with van der Waals surface area (Å²) in [5, 5.41) is 6.27. The predicted octanol–water partition coefficient (Wildman–Crippen LogP) is 2.90. The lowest BCUT2D eigenvalue weighted by atomic mass is 10.2. The molecular weight excluding hydrogens is 310 g/mol. The maximum absolute atomic E-state index is 11.3. The first kappa shape index (κ1) is 14.3.